The Balaban J connectivity index is 2.51. The average Bonchev–Trinajstić information content (AvgIpc) is 2.37. The maximum atomic E-state index is 14.0. The Labute approximate surface area is 121 Å². The zero-order chi connectivity index (χ0) is 14.9. The van der Waals surface area contributed by atoms with Crippen molar-refractivity contribution in [3.63, 3.8) is 0 Å². The second-order valence-electron chi connectivity index (χ2n) is 6.47. The fourth-order valence-corrected chi connectivity index (χ4v) is 3.35. The van der Waals surface area contributed by atoms with E-state index >= 15 is 0 Å². The number of rotatable bonds is 4. The van der Waals surface area contributed by atoms with E-state index in [1.165, 1.54) is 0 Å². The minimum Gasteiger partial charge on any atom is -0.366 e. The molecule has 3 heteroatoms. The summed E-state index contributed by atoms with van der Waals surface area (Å²) in [5.74, 6) is -0.0673. The lowest BCUT2D eigenvalue weighted by Crippen LogP contribution is -2.48. The molecule has 0 spiro atoms. The molecule has 1 atom stereocenters. The van der Waals surface area contributed by atoms with Gasteiger partial charge in [-0.3, -0.25) is 4.79 Å². The van der Waals surface area contributed by atoms with E-state index in [0.29, 0.717) is 12.2 Å². The number of unbranched alkanes of at least 4 members (excludes halogenated alkanes) is 1. The number of aldehydes is 1. The third kappa shape index (κ3) is 2.58. The molecule has 0 aliphatic carbocycles. The van der Waals surface area contributed by atoms with Gasteiger partial charge in [-0.2, -0.15) is 0 Å². The van der Waals surface area contributed by atoms with Crippen LogP contribution in [0.2, 0.25) is 0 Å². The Hall–Kier alpha value is -1.38. The number of nitrogens with zero attached hydrogens (tertiary/aromatic N) is 1. The predicted octanol–water partition coefficient (Wildman–Crippen LogP) is 4.53. The summed E-state index contributed by atoms with van der Waals surface area (Å²) in [6.07, 6.45) is 3.84. The van der Waals surface area contributed by atoms with Gasteiger partial charge >= 0.3 is 0 Å². The van der Waals surface area contributed by atoms with Gasteiger partial charge in [0.05, 0.1) is 5.56 Å². The summed E-state index contributed by atoms with van der Waals surface area (Å²) < 4.78 is 14.0. The number of fused-ring (bicyclic) bond motifs is 1. The molecule has 1 heterocycles. The van der Waals surface area contributed by atoms with Crippen molar-refractivity contribution in [3.05, 3.63) is 29.1 Å². The summed E-state index contributed by atoms with van der Waals surface area (Å²) in [5.41, 5.74) is 2.26. The van der Waals surface area contributed by atoms with E-state index in [1.54, 1.807) is 12.1 Å². The summed E-state index contributed by atoms with van der Waals surface area (Å²) >= 11 is 0. The van der Waals surface area contributed by atoms with Gasteiger partial charge in [0.15, 0.2) is 6.29 Å². The monoisotopic (exact) mass is 277 g/mol. The van der Waals surface area contributed by atoms with Gasteiger partial charge in [-0.1, -0.05) is 20.3 Å². The zero-order valence-corrected chi connectivity index (χ0v) is 12.9. The maximum absolute atomic E-state index is 14.0. The van der Waals surface area contributed by atoms with Crippen LogP contribution in [0.5, 0.6) is 0 Å². The van der Waals surface area contributed by atoms with Gasteiger partial charge in [0.1, 0.15) is 5.82 Å². The van der Waals surface area contributed by atoms with Crippen LogP contribution in [-0.4, -0.2) is 18.4 Å². The van der Waals surface area contributed by atoms with E-state index in [2.05, 4.69) is 32.6 Å². The third-order valence-corrected chi connectivity index (χ3v) is 4.37. The van der Waals surface area contributed by atoms with E-state index in [1.807, 2.05) is 0 Å². The lowest BCUT2D eigenvalue weighted by atomic mass is 9.79. The highest BCUT2D eigenvalue weighted by atomic mass is 19.1. The van der Waals surface area contributed by atoms with Gasteiger partial charge < -0.3 is 4.90 Å². The van der Waals surface area contributed by atoms with Crippen LogP contribution in [0.25, 0.3) is 0 Å². The topological polar surface area (TPSA) is 20.3 Å². The summed E-state index contributed by atoms with van der Waals surface area (Å²) in [6, 6.07) is 3.28. The zero-order valence-electron chi connectivity index (χ0n) is 12.9. The van der Waals surface area contributed by atoms with Crippen LogP contribution in [0.4, 0.5) is 10.1 Å². The highest BCUT2D eigenvalue weighted by Crippen LogP contribution is 2.44. The lowest BCUT2D eigenvalue weighted by molar-refractivity contribution is 0.111. The number of halogens is 1. The molecule has 1 aromatic rings. The first kappa shape index (κ1) is 15.0. The number of carbonyl (C=O) groups is 1. The molecule has 1 aliphatic rings. The molecule has 1 aliphatic heterocycles. The molecule has 2 nitrogen and oxygen atoms in total. The SMILES string of the molecule is CCCCN1c2cc(F)c(C=O)cc2[C@H](C)CC1(C)C. The molecule has 2 rings (SSSR count). The van der Waals surface area contributed by atoms with E-state index < -0.39 is 5.82 Å². The Morgan fingerprint density at radius 1 is 1.45 bits per heavy atom. The van der Waals surface area contributed by atoms with Crippen molar-refractivity contribution in [1.29, 1.82) is 0 Å². The molecule has 0 saturated carbocycles. The van der Waals surface area contributed by atoms with E-state index in [-0.39, 0.29) is 11.1 Å². The molecule has 0 bridgehead atoms. The molecule has 0 fully saturated rings. The summed E-state index contributed by atoms with van der Waals surface area (Å²) in [6.45, 7) is 9.69. The second-order valence-corrected chi connectivity index (χ2v) is 6.47. The van der Waals surface area contributed by atoms with Crippen LogP contribution in [0.1, 0.15) is 68.8 Å². The minimum atomic E-state index is -0.412. The highest BCUT2D eigenvalue weighted by Gasteiger charge is 2.36. The molecule has 0 amide bonds. The number of benzene rings is 1. The van der Waals surface area contributed by atoms with Crippen LogP contribution in [0, 0.1) is 5.82 Å². The van der Waals surface area contributed by atoms with Crippen LogP contribution < -0.4 is 4.90 Å². The van der Waals surface area contributed by atoms with Crippen molar-refractivity contribution >= 4 is 12.0 Å². The second kappa shape index (κ2) is 5.55. The largest absolute Gasteiger partial charge is 0.366 e. The average molecular weight is 277 g/mol. The smallest absolute Gasteiger partial charge is 0.153 e. The Morgan fingerprint density at radius 2 is 2.15 bits per heavy atom. The molecule has 0 unspecified atom stereocenters. The molecular weight excluding hydrogens is 253 g/mol. The molecule has 1 aromatic carbocycles. The highest BCUT2D eigenvalue weighted by molar-refractivity contribution is 5.78. The molecule has 0 N–H and O–H groups in total. The van der Waals surface area contributed by atoms with Gasteiger partial charge in [-0.15, -0.1) is 0 Å². The fraction of sp³-hybridized carbons (Fsp3) is 0.588. The van der Waals surface area contributed by atoms with Crippen LogP contribution in [0.15, 0.2) is 12.1 Å². The first-order valence-electron chi connectivity index (χ1n) is 7.47. The Kier molecular flexibility index (Phi) is 4.17. The summed E-state index contributed by atoms with van der Waals surface area (Å²) in [5, 5.41) is 0. The number of anilines is 1. The molecular formula is C17H24FNO. The maximum Gasteiger partial charge on any atom is 0.153 e. The Bertz CT molecular complexity index is 510. The van der Waals surface area contributed by atoms with Crippen LogP contribution >= 0.6 is 0 Å². The van der Waals surface area contributed by atoms with Gasteiger partial charge in [-0.05, 0) is 50.3 Å². The van der Waals surface area contributed by atoms with E-state index in [0.717, 1.165) is 37.1 Å². The lowest BCUT2D eigenvalue weighted by Gasteiger charge is -2.47. The number of hydrogen-bond acceptors (Lipinski definition) is 2. The van der Waals surface area contributed by atoms with Crippen molar-refractivity contribution in [2.45, 2.75) is 58.4 Å². The van der Waals surface area contributed by atoms with Crippen LogP contribution in [0.3, 0.4) is 0 Å². The quantitative estimate of drug-likeness (QED) is 0.754. The third-order valence-electron chi connectivity index (χ3n) is 4.37. The summed E-state index contributed by atoms with van der Waals surface area (Å²) in [7, 11) is 0. The minimum absolute atomic E-state index is 0.0245. The first-order valence-corrected chi connectivity index (χ1v) is 7.47. The van der Waals surface area contributed by atoms with Gasteiger partial charge in [-0.25, -0.2) is 4.39 Å². The van der Waals surface area contributed by atoms with Crippen molar-refractivity contribution in [1.82, 2.24) is 0 Å². The van der Waals surface area contributed by atoms with Gasteiger partial charge in [0.25, 0.3) is 0 Å². The van der Waals surface area contributed by atoms with Crippen molar-refractivity contribution in [3.8, 4) is 0 Å². The van der Waals surface area contributed by atoms with Gasteiger partial charge in [0, 0.05) is 17.8 Å². The Morgan fingerprint density at radius 3 is 2.75 bits per heavy atom. The van der Waals surface area contributed by atoms with Crippen molar-refractivity contribution in [2.24, 2.45) is 0 Å². The standard InChI is InChI=1S/C17H24FNO/c1-5-6-7-19-16-9-15(18)13(11-20)8-14(16)12(2)10-17(19,3)4/h8-9,11-12H,5-7,10H2,1-4H3/t12-/m1/s1. The predicted molar refractivity (Wildman–Crippen MR) is 81.2 cm³/mol. The molecule has 0 saturated heterocycles. The number of carbonyl (C=O) groups excluding carboxylic acids is 1. The molecule has 0 aromatic heterocycles. The van der Waals surface area contributed by atoms with Crippen molar-refractivity contribution < 1.29 is 9.18 Å². The van der Waals surface area contributed by atoms with E-state index in [4.69, 9.17) is 0 Å². The van der Waals surface area contributed by atoms with Crippen LogP contribution in [-0.2, 0) is 0 Å². The molecule has 0 radical (unpaired) electrons. The van der Waals surface area contributed by atoms with Gasteiger partial charge in [0.2, 0.25) is 0 Å². The number of hydrogen-bond donors (Lipinski definition) is 0. The summed E-state index contributed by atoms with van der Waals surface area (Å²) in [4.78, 5) is 13.3. The molecule has 20 heavy (non-hydrogen) atoms. The normalized spacial score (nSPS) is 20.6. The first-order chi connectivity index (χ1) is 9.40. The van der Waals surface area contributed by atoms with E-state index in [9.17, 15) is 9.18 Å². The fourth-order valence-electron chi connectivity index (χ4n) is 3.35. The molecule has 110 valence electrons. The van der Waals surface area contributed by atoms with Crippen molar-refractivity contribution in [2.75, 3.05) is 11.4 Å².